The Morgan fingerprint density at radius 1 is 1.00 bits per heavy atom. The summed E-state index contributed by atoms with van der Waals surface area (Å²) in [7, 11) is 0. The van der Waals surface area contributed by atoms with Gasteiger partial charge in [-0.1, -0.05) is 27.7 Å². The summed E-state index contributed by atoms with van der Waals surface area (Å²) in [5.74, 6) is -1.34. The first-order valence-corrected chi connectivity index (χ1v) is 3.87. The molecule has 0 unspecified atom stereocenters. The molecule has 1 nitrogen and oxygen atoms in total. The van der Waals surface area contributed by atoms with E-state index in [4.69, 9.17) is 5.11 Å². The quantitative estimate of drug-likeness (QED) is 0.683. The number of hydrogen-bond donors (Lipinski definition) is 1. The number of hydrogen-bond acceptors (Lipinski definition) is 1. The van der Waals surface area contributed by atoms with Crippen LogP contribution in [0.4, 0.5) is 8.78 Å². The van der Waals surface area contributed by atoms with Crippen LogP contribution in [0.2, 0.25) is 0 Å². The normalized spacial score (nSPS) is 13.6. The van der Waals surface area contributed by atoms with Crippen molar-refractivity contribution in [1.29, 1.82) is 0 Å². The molecule has 1 N–H and O–H groups in total. The Balaban J connectivity index is 4.35. The zero-order valence-corrected chi connectivity index (χ0v) is 7.44. The van der Waals surface area contributed by atoms with Crippen molar-refractivity contribution in [2.45, 2.75) is 33.8 Å². The van der Waals surface area contributed by atoms with Gasteiger partial charge in [-0.2, -0.15) is 8.78 Å². The Kier molecular flexibility index (Phi) is 3.42. The van der Waals surface area contributed by atoms with Gasteiger partial charge in [-0.15, -0.1) is 0 Å². The molecule has 11 heavy (non-hydrogen) atoms. The molecule has 0 bridgehead atoms. The molecule has 0 atom stereocenters. The molecule has 0 aromatic heterocycles. The highest BCUT2D eigenvalue weighted by Gasteiger charge is 2.40. The molecular weight excluding hydrogens is 150 g/mol. The van der Waals surface area contributed by atoms with E-state index in [1.54, 1.807) is 27.7 Å². The molecule has 0 aliphatic carbocycles. The molecule has 0 aromatic rings. The van der Waals surface area contributed by atoms with Gasteiger partial charge in [-0.25, -0.2) is 0 Å². The average Bonchev–Trinajstić information content (AvgIpc) is 1.54. The molecule has 3 heteroatoms. The van der Waals surface area contributed by atoms with Crippen LogP contribution in [0.25, 0.3) is 0 Å². The van der Waals surface area contributed by atoms with Gasteiger partial charge in [0.15, 0.2) is 0 Å². The smallest absolute Gasteiger partial charge is 0.336 e. The van der Waals surface area contributed by atoms with Crippen LogP contribution in [-0.4, -0.2) is 11.2 Å². The molecule has 0 heterocycles. The third-order valence-electron chi connectivity index (χ3n) is 1.84. The summed E-state index contributed by atoms with van der Waals surface area (Å²) in [4.78, 5) is 0. The number of aliphatic hydroxyl groups is 1. The molecule has 0 aliphatic rings. The molecular formula is C8H16F2O. The van der Waals surface area contributed by atoms with Crippen LogP contribution in [0.1, 0.15) is 27.7 Å². The van der Waals surface area contributed by atoms with Crippen molar-refractivity contribution in [2.24, 2.45) is 17.8 Å². The minimum atomic E-state index is -3.54. The van der Waals surface area contributed by atoms with Crippen LogP contribution in [0, 0.1) is 17.8 Å². The first-order chi connectivity index (χ1) is 4.76. The summed E-state index contributed by atoms with van der Waals surface area (Å²) in [6, 6.07) is 0. The van der Waals surface area contributed by atoms with Crippen molar-refractivity contribution in [1.82, 2.24) is 0 Å². The molecule has 0 saturated heterocycles. The summed E-state index contributed by atoms with van der Waals surface area (Å²) in [6.07, 6.45) is -3.54. The van der Waals surface area contributed by atoms with Crippen LogP contribution < -0.4 is 0 Å². The molecule has 0 spiro atoms. The maximum absolute atomic E-state index is 12.4. The van der Waals surface area contributed by atoms with Gasteiger partial charge in [0.1, 0.15) is 0 Å². The second-order valence-electron chi connectivity index (χ2n) is 3.60. The van der Waals surface area contributed by atoms with E-state index < -0.39 is 12.0 Å². The Hall–Kier alpha value is -0.180. The van der Waals surface area contributed by atoms with Gasteiger partial charge in [-0.05, 0) is 11.8 Å². The van der Waals surface area contributed by atoms with Crippen LogP contribution in [0.15, 0.2) is 0 Å². The van der Waals surface area contributed by atoms with E-state index in [1.165, 1.54) is 0 Å². The van der Waals surface area contributed by atoms with Gasteiger partial charge < -0.3 is 5.11 Å². The molecule has 0 amide bonds. The highest BCUT2D eigenvalue weighted by atomic mass is 19.3. The topological polar surface area (TPSA) is 20.2 Å². The lowest BCUT2D eigenvalue weighted by atomic mass is 9.85. The van der Waals surface area contributed by atoms with E-state index in [9.17, 15) is 8.78 Å². The summed E-state index contributed by atoms with van der Waals surface area (Å²) < 4.78 is 24.9. The summed E-state index contributed by atoms with van der Waals surface area (Å²) >= 11 is 0. The fourth-order valence-corrected chi connectivity index (χ4v) is 1.57. The maximum atomic E-state index is 12.4. The van der Waals surface area contributed by atoms with Crippen LogP contribution in [0.5, 0.6) is 0 Å². The van der Waals surface area contributed by atoms with Gasteiger partial charge in [0.2, 0.25) is 0 Å². The minimum absolute atomic E-state index is 0.199. The average molecular weight is 166 g/mol. The highest BCUT2D eigenvalue weighted by Crippen LogP contribution is 2.33. The van der Waals surface area contributed by atoms with E-state index in [2.05, 4.69) is 0 Å². The highest BCUT2D eigenvalue weighted by molar-refractivity contribution is 4.73. The first-order valence-electron chi connectivity index (χ1n) is 3.87. The predicted molar refractivity (Wildman–Crippen MR) is 40.3 cm³/mol. The molecule has 0 aromatic carbocycles. The first kappa shape index (κ1) is 10.8. The van der Waals surface area contributed by atoms with E-state index in [-0.39, 0.29) is 11.8 Å². The van der Waals surface area contributed by atoms with Gasteiger partial charge in [-0.3, -0.25) is 0 Å². The van der Waals surface area contributed by atoms with Crippen molar-refractivity contribution in [3.63, 3.8) is 0 Å². The van der Waals surface area contributed by atoms with Crippen molar-refractivity contribution in [2.75, 3.05) is 0 Å². The Morgan fingerprint density at radius 2 is 1.27 bits per heavy atom. The van der Waals surface area contributed by atoms with Crippen LogP contribution in [-0.2, 0) is 0 Å². The molecule has 0 aliphatic heterocycles. The molecule has 0 saturated carbocycles. The Bertz CT molecular complexity index is 108. The van der Waals surface area contributed by atoms with Crippen molar-refractivity contribution < 1.29 is 13.9 Å². The van der Waals surface area contributed by atoms with Crippen LogP contribution in [0.3, 0.4) is 0 Å². The zero-order valence-electron chi connectivity index (χ0n) is 7.44. The zero-order chi connectivity index (χ0) is 9.23. The molecule has 68 valence electrons. The lowest BCUT2D eigenvalue weighted by molar-refractivity contribution is -0.255. The van der Waals surface area contributed by atoms with E-state index in [0.29, 0.717) is 0 Å². The van der Waals surface area contributed by atoms with Gasteiger partial charge >= 0.3 is 6.11 Å². The van der Waals surface area contributed by atoms with Gasteiger partial charge in [0.05, 0.1) is 5.92 Å². The van der Waals surface area contributed by atoms with Crippen molar-refractivity contribution in [3.05, 3.63) is 0 Å². The van der Waals surface area contributed by atoms with Crippen molar-refractivity contribution in [3.8, 4) is 0 Å². The summed E-state index contributed by atoms with van der Waals surface area (Å²) in [5, 5.41) is 8.48. The van der Waals surface area contributed by atoms with Gasteiger partial charge in [0, 0.05) is 0 Å². The lowest BCUT2D eigenvalue weighted by Gasteiger charge is -2.28. The number of alkyl halides is 2. The molecule has 0 radical (unpaired) electrons. The second-order valence-corrected chi connectivity index (χ2v) is 3.60. The molecule has 0 rings (SSSR count). The fourth-order valence-electron chi connectivity index (χ4n) is 1.57. The third kappa shape index (κ3) is 3.14. The van der Waals surface area contributed by atoms with E-state index in [0.717, 1.165) is 0 Å². The number of halogens is 2. The molecule has 0 fully saturated rings. The van der Waals surface area contributed by atoms with Crippen LogP contribution >= 0.6 is 0 Å². The Morgan fingerprint density at radius 3 is 1.27 bits per heavy atom. The Labute approximate surface area is 66.4 Å². The SMILES string of the molecule is CC(C)C(C(C)C)C(O)(F)F. The predicted octanol–water partition coefficient (Wildman–Crippen LogP) is 2.50. The van der Waals surface area contributed by atoms with E-state index >= 15 is 0 Å². The minimum Gasteiger partial charge on any atom is -0.336 e. The third-order valence-corrected chi connectivity index (χ3v) is 1.84. The number of rotatable bonds is 3. The summed E-state index contributed by atoms with van der Waals surface area (Å²) in [5.41, 5.74) is 0. The maximum Gasteiger partial charge on any atom is 0.356 e. The largest absolute Gasteiger partial charge is 0.356 e. The second kappa shape index (κ2) is 3.48. The monoisotopic (exact) mass is 166 g/mol. The van der Waals surface area contributed by atoms with E-state index in [1.807, 2.05) is 0 Å². The van der Waals surface area contributed by atoms with Crippen molar-refractivity contribution >= 4 is 0 Å². The standard InChI is InChI=1S/C8H16F2O/c1-5(2)7(6(3)4)8(9,10)11/h5-7,11H,1-4H3. The fraction of sp³-hybridized carbons (Fsp3) is 1.00. The summed E-state index contributed by atoms with van der Waals surface area (Å²) in [6.45, 7) is 6.76. The van der Waals surface area contributed by atoms with Gasteiger partial charge in [0.25, 0.3) is 0 Å². The lowest BCUT2D eigenvalue weighted by Crippen LogP contribution is -2.35.